The topological polar surface area (TPSA) is 40.2 Å². The van der Waals surface area contributed by atoms with Crippen LogP contribution in [0.15, 0.2) is 72.8 Å². The normalized spacial score (nSPS) is 11.7. The molecule has 0 spiro atoms. The third-order valence-corrected chi connectivity index (χ3v) is 7.30. The summed E-state index contributed by atoms with van der Waals surface area (Å²) in [7, 11) is 1.22. The van der Waals surface area contributed by atoms with Crippen LogP contribution in [0.5, 0.6) is 11.5 Å². The van der Waals surface area contributed by atoms with Crippen LogP contribution in [0.1, 0.15) is 0 Å². The zero-order valence-electron chi connectivity index (χ0n) is 19.9. The molecule has 33 heavy (non-hydrogen) atoms. The summed E-state index contributed by atoms with van der Waals surface area (Å²) in [6.07, 6.45) is 0. The van der Waals surface area contributed by atoms with E-state index < -0.39 is 8.24 Å². The zero-order chi connectivity index (χ0) is 23.4. The first-order valence-corrected chi connectivity index (χ1v) is 14.5. The second kappa shape index (κ2) is 9.83. The summed E-state index contributed by atoms with van der Waals surface area (Å²) < 4.78 is 25.2. The Hall–Kier alpha value is -3.06. The molecule has 0 aliphatic heterocycles. The van der Waals surface area contributed by atoms with Crippen molar-refractivity contribution in [2.24, 2.45) is 0 Å². The van der Waals surface area contributed by atoms with E-state index >= 15 is 0 Å². The Kier molecular flexibility index (Phi) is 6.88. The van der Waals surface area contributed by atoms with Crippen LogP contribution in [-0.4, -0.2) is 36.0 Å². The number of ether oxygens (including phenoxy) is 4. The summed E-state index contributed by atoms with van der Waals surface area (Å²) in [5, 5.41) is 4.55. The molecule has 4 aromatic rings. The lowest BCUT2D eigenvalue weighted by atomic mass is 10.0. The van der Waals surface area contributed by atoms with Crippen molar-refractivity contribution in [3.63, 3.8) is 0 Å². The molecule has 0 heterocycles. The molecule has 0 aromatic heterocycles. The molecule has 0 aliphatic carbocycles. The predicted octanol–water partition coefficient (Wildman–Crippen LogP) is 6.93. The van der Waals surface area contributed by atoms with Gasteiger partial charge >= 0.3 is 0 Å². The summed E-state index contributed by atoms with van der Waals surface area (Å²) in [6.45, 7) is 7.34. The van der Waals surface area contributed by atoms with Crippen molar-refractivity contribution in [1.82, 2.24) is 0 Å². The van der Waals surface area contributed by atoms with Crippen LogP contribution in [-0.2, 0) is 9.47 Å². The Bertz CT molecular complexity index is 1160. The van der Waals surface area contributed by atoms with Gasteiger partial charge in [0.05, 0.1) is 11.4 Å². The Morgan fingerprint density at radius 3 is 1.42 bits per heavy atom. The average molecular weight is 462 g/mol. The largest absolute Gasteiger partial charge is 0.465 e. The first kappa shape index (κ1) is 23.1. The second-order valence-electron chi connectivity index (χ2n) is 8.87. The van der Waals surface area contributed by atoms with Gasteiger partial charge in [0.25, 0.3) is 0 Å². The number of rotatable bonds is 9. The molecule has 6 heteroatoms. The maximum Gasteiger partial charge on any atom is 0.188 e. The lowest BCUT2D eigenvalue weighted by Crippen LogP contribution is -2.43. The van der Waals surface area contributed by atoms with E-state index in [1.165, 1.54) is 0 Å². The van der Waals surface area contributed by atoms with Crippen molar-refractivity contribution >= 4 is 41.2 Å². The fraction of sp³-hybridized carbons (Fsp3) is 0.259. The molecule has 4 rings (SSSR count). The average Bonchev–Trinajstić information content (AvgIpc) is 2.82. The van der Waals surface area contributed by atoms with Crippen LogP contribution in [0.3, 0.4) is 0 Å². The first-order chi connectivity index (χ1) is 16.0. The minimum absolute atomic E-state index is 0.174. The standard InChI is InChI=1S/C27H31NO4Si/c1-29-18-31-24-16-14-20-10-6-8-12-22(20)26(24)28(33(3,4)5)27-23-13-9-7-11-21(23)15-17-25(27)32-19-30-2/h6-17H,18-19H2,1-5H3. The van der Waals surface area contributed by atoms with Crippen LogP contribution in [0, 0.1) is 0 Å². The molecule has 4 aromatic carbocycles. The van der Waals surface area contributed by atoms with E-state index in [0.717, 1.165) is 44.4 Å². The van der Waals surface area contributed by atoms with Crippen LogP contribution >= 0.6 is 0 Å². The number of methoxy groups -OCH3 is 2. The van der Waals surface area contributed by atoms with Crippen LogP contribution < -0.4 is 14.0 Å². The SMILES string of the molecule is COCOc1ccc2ccccc2c1N(c1c(OCOC)ccc2ccccc12)[Si](C)(C)C. The third-order valence-electron chi connectivity index (χ3n) is 5.51. The molecular weight excluding hydrogens is 430 g/mol. The highest BCUT2D eigenvalue weighted by molar-refractivity contribution is 6.81. The van der Waals surface area contributed by atoms with Crippen molar-refractivity contribution in [1.29, 1.82) is 0 Å². The number of hydrogen-bond donors (Lipinski definition) is 0. The molecule has 0 amide bonds. The quantitative estimate of drug-likeness (QED) is 0.200. The molecule has 0 atom stereocenters. The van der Waals surface area contributed by atoms with Crippen molar-refractivity contribution in [3.8, 4) is 11.5 Å². The van der Waals surface area contributed by atoms with Gasteiger partial charge in [-0.3, -0.25) is 0 Å². The smallest absolute Gasteiger partial charge is 0.188 e. The summed E-state index contributed by atoms with van der Waals surface area (Å²) >= 11 is 0. The molecule has 0 aliphatic rings. The fourth-order valence-electron chi connectivity index (χ4n) is 4.19. The van der Waals surface area contributed by atoms with E-state index in [9.17, 15) is 0 Å². The van der Waals surface area contributed by atoms with Gasteiger partial charge in [-0.05, 0) is 22.9 Å². The molecule has 5 nitrogen and oxygen atoms in total. The number of nitrogens with zero attached hydrogens (tertiary/aromatic N) is 1. The number of anilines is 2. The van der Waals surface area contributed by atoms with Gasteiger partial charge in [0.15, 0.2) is 21.8 Å². The van der Waals surface area contributed by atoms with E-state index in [1.807, 2.05) is 12.1 Å². The van der Waals surface area contributed by atoms with Crippen LogP contribution in [0.4, 0.5) is 11.4 Å². The predicted molar refractivity (Wildman–Crippen MR) is 138 cm³/mol. The van der Waals surface area contributed by atoms with Gasteiger partial charge in [-0.1, -0.05) is 80.3 Å². The molecule has 0 fully saturated rings. The third kappa shape index (κ3) is 4.69. The Morgan fingerprint density at radius 1 is 0.606 bits per heavy atom. The Morgan fingerprint density at radius 2 is 1.03 bits per heavy atom. The highest BCUT2D eigenvalue weighted by Gasteiger charge is 2.33. The van der Waals surface area contributed by atoms with Gasteiger partial charge in [-0.15, -0.1) is 0 Å². The fourth-order valence-corrected chi connectivity index (χ4v) is 5.99. The second-order valence-corrected chi connectivity index (χ2v) is 13.7. The highest BCUT2D eigenvalue weighted by Crippen LogP contribution is 2.48. The molecular formula is C27H31NO4Si. The number of hydrogen-bond acceptors (Lipinski definition) is 5. The Labute approximate surface area is 196 Å². The van der Waals surface area contributed by atoms with E-state index in [2.05, 4.69) is 84.9 Å². The molecule has 0 N–H and O–H groups in total. The van der Waals surface area contributed by atoms with Gasteiger partial charge in [0.1, 0.15) is 11.5 Å². The highest BCUT2D eigenvalue weighted by atomic mass is 28.3. The lowest BCUT2D eigenvalue weighted by molar-refractivity contribution is 0.0512. The van der Waals surface area contributed by atoms with Crippen molar-refractivity contribution in [2.75, 3.05) is 32.4 Å². The van der Waals surface area contributed by atoms with Gasteiger partial charge in [0.2, 0.25) is 0 Å². The monoisotopic (exact) mass is 461 g/mol. The number of fused-ring (bicyclic) bond motifs is 2. The summed E-state index contributed by atoms with van der Waals surface area (Å²) in [5.74, 6) is 1.56. The van der Waals surface area contributed by atoms with E-state index in [-0.39, 0.29) is 13.6 Å². The molecule has 0 unspecified atom stereocenters. The summed E-state index contributed by atoms with van der Waals surface area (Å²) in [4.78, 5) is 0. The minimum Gasteiger partial charge on any atom is -0.465 e. The number of benzene rings is 4. The van der Waals surface area contributed by atoms with Crippen molar-refractivity contribution in [2.45, 2.75) is 19.6 Å². The van der Waals surface area contributed by atoms with E-state index in [0.29, 0.717) is 0 Å². The summed E-state index contributed by atoms with van der Waals surface area (Å²) in [6, 6.07) is 25.1. The van der Waals surface area contributed by atoms with Gasteiger partial charge in [0, 0.05) is 25.0 Å². The van der Waals surface area contributed by atoms with Gasteiger partial charge in [-0.2, -0.15) is 0 Å². The van der Waals surface area contributed by atoms with E-state index in [1.54, 1.807) is 14.2 Å². The van der Waals surface area contributed by atoms with Crippen LogP contribution in [0.2, 0.25) is 19.6 Å². The van der Waals surface area contributed by atoms with Crippen molar-refractivity contribution in [3.05, 3.63) is 72.8 Å². The molecule has 0 saturated carbocycles. The van der Waals surface area contributed by atoms with Crippen LogP contribution in [0.25, 0.3) is 21.5 Å². The first-order valence-electron chi connectivity index (χ1n) is 11.0. The molecule has 172 valence electrons. The maximum absolute atomic E-state index is 6.12. The Balaban J connectivity index is 2.08. The molecule has 0 bridgehead atoms. The summed E-state index contributed by atoms with van der Waals surface area (Å²) in [5.41, 5.74) is 2.06. The molecule has 0 saturated heterocycles. The van der Waals surface area contributed by atoms with Gasteiger partial charge in [-0.25, -0.2) is 0 Å². The maximum atomic E-state index is 6.12. The minimum atomic E-state index is -2.05. The van der Waals surface area contributed by atoms with Crippen molar-refractivity contribution < 1.29 is 18.9 Å². The molecule has 0 radical (unpaired) electrons. The lowest BCUT2D eigenvalue weighted by Gasteiger charge is -2.39. The van der Waals surface area contributed by atoms with Gasteiger partial charge < -0.3 is 23.5 Å². The zero-order valence-corrected chi connectivity index (χ0v) is 20.9. The van der Waals surface area contributed by atoms with E-state index in [4.69, 9.17) is 18.9 Å².